The van der Waals surface area contributed by atoms with Crippen molar-refractivity contribution >= 4 is 5.91 Å². The highest BCUT2D eigenvalue weighted by atomic mass is 16.5. The fourth-order valence-corrected chi connectivity index (χ4v) is 3.50. The topological polar surface area (TPSA) is 54.9 Å². The second-order valence-electron chi connectivity index (χ2n) is 6.51. The summed E-state index contributed by atoms with van der Waals surface area (Å²) in [6.45, 7) is 6.38. The molecule has 3 rings (SSSR count). The van der Waals surface area contributed by atoms with Crippen LogP contribution in [0.5, 0.6) is 0 Å². The highest BCUT2D eigenvalue weighted by Gasteiger charge is 2.42. The summed E-state index contributed by atoms with van der Waals surface area (Å²) in [6.07, 6.45) is 2.72. The van der Waals surface area contributed by atoms with Gasteiger partial charge in [0.15, 0.2) is 0 Å². The van der Waals surface area contributed by atoms with Gasteiger partial charge in [-0.05, 0) is 25.1 Å². The summed E-state index contributed by atoms with van der Waals surface area (Å²) in [6, 6.07) is 5.46. The number of ether oxygens (including phenoxy) is 2. The van der Waals surface area contributed by atoms with Crippen LogP contribution in [0.4, 0.5) is 0 Å². The first-order valence-electron chi connectivity index (χ1n) is 8.22. The molecule has 2 saturated heterocycles. The first-order valence-corrected chi connectivity index (χ1v) is 8.22. The Morgan fingerprint density at radius 3 is 3.09 bits per heavy atom. The van der Waals surface area contributed by atoms with Crippen LogP contribution >= 0.6 is 0 Å². The predicted octanol–water partition coefficient (Wildman–Crippen LogP) is 0.893. The monoisotopic (exact) mass is 319 g/mol. The number of nitrogens with zero attached hydrogens (tertiary/aromatic N) is 3. The summed E-state index contributed by atoms with van der Waals surface area (Å²) >= 11 is 0. The van der Waals surface area contributed by atoms with Gasteiger partial charge in [-0.25, -0.2) is 0 Å². The zero-order chi connectivity index (χ0) is 16.1. The largest absolute Gasteiger partial charge is 0.383 e. The molecule has 0 aromatic carbocycles. The van der Waals surface area contributed by atoms with Crippen LogP contribution in [-0.2, 0) is 9.47 Å². The summed E-state index contributed by atoms with van der Waals surface area (Å²) in [5.41, 5.74) is 0.549. The lowest BCUT2D eigenvalue weighted by Gasteiger charge is -2.31. The van der Waals surface area contributed by atoms with Crippen LogP contribution < -0.4 is 0 Å². The van der Waals surface area contributed by atoms with E-state index in [4.69, 9.17) is 9.47 Å². The van der Waals surface area contributed by atoms with E-state index in [1.54, 1.807) is 19.4 Å². The standard InChI is InChI=1S/C17H25N3O3/c1-22-10-8-19-7-5-17(12-19)13-20(9-11-23-14-17)16(21)15-4-2-3-6-18-15/h2-4,6H,5,7-14H2,1H3. The number of aromatic nitrogens is 1. The van der Waals surface area contributed by atoms with Crippen LogP contribution in [-0.4, -0.2) is 80.3 Å². The van der Waals surface area contributed by atoms with Crippen molar-refractivity contribution in [3.63, 3.8) is 0 Å². The number of methoxy groups -OCH3 is 1. The van der Waals surface area contributed by atoms with Crippen molar-refractivity contribution in [1.82, 2.24) is 14.8 Å². The highest BCUT2D eigenvalue weighted by molar-refractivity contribution is 5.92. The van der Waals surface area contributed by atoms with Gasteiger partial charge in [-0.2, -0.15) is 0 Å². The maximum absolute atomic E-state index is 12.7. The molecular formula is C17H25N3O3. The minimum atomic E-state index is 0.00539. The molecule has 1 aromatic rings. The van der Waals surface area contributed by atoms with Crippen LogP contribution in [0.15, 0.2) is 24.4 Å². The number of likely N-dealkylation sites (tertiary alicyclic amines) is 1. The summed E-state index contributed by atoms with van der Waals surface area (Å²) < 4.78 is 11.0. The van der Waals surface area contributed by atoms with Gasteiger partial charge >= 0.3 is 0 Å². The molecule has 1 aromatic heterocycles. The highest BCUT2D eigenvalue weighted by Crippen LogP contribution is 2.33. The third kappa shape index (κ3) is 3.88. The van der Waals surface area contributed by atoms with Crippen molar-refractivity contribution in [3.05, 3.63) is 30.1 Å². The third-order valence-electron chi connectivity index (χ3n) is 4.74. The Labute approximate surface area is 137 Å². The van der Waals surface area contributed by atoms with E-state index < -0.39 is 0 Å². The molecule has 1 amide bonds. The van der Waals surface area contributed by atoms with Gasteiger partial charge in [0.25, 0.3) is 5.91 Å². The number of carbonyl (C=O) groups excluding carboxylic acids is 1. The number of hydrogen-bond acceptors (Lipinski definition) is 5. The second kappa shape index (κ2) is 7.38. The van der Waals surface area contributed by atoms with E-state index in [0.29, 0.717) is 18.8 Å². The summed E-state index contributed by atoms with van der Waals surface area (Å²) in [7, 11) is 1.73. The van der Waals surface area contributed by atoms with Crippen LogP contribution in [0.3, 0.4) is 0 Å². The van der Waals surface area contributed by atoms with E-state index in [-0.39, 0.29) is 11.3 Å². The van der Waals surface area contributed by atoms with Gasteiger partial charge in [0.05, 0.1) is 19.8 Å². The molecule has 23 heavy (non-hydrogen) atoms. The Morgan fingerprint density at radius 2 is 2.30 bits per heavy atom. The quantitative estimate of drug-likeness (QED) is 0.825. The van der Waals surface area contributed by atoms with Crippen molar-refractivity contribution in [2.24, 2.45) is 5.41 Å². The van der Waals surface area contributed by atoms with Crippen LogP contribution in [0.1, 0.15) is 16.9 Å². The van der Waals surface area contributed by atoms with Gasteiger partial charge in [-0.1, -0.05) is 6.07 Å². The average molecular weight is 319 g/mol. The van der Waals surface area contributed by atoms with E-state index in [1.165, 1.54) is 0 Å². The molecule has 0 N–H and O–H groups in total. The van der Waals surface area contributed by atoms with Crippen LogP contribution in [0, 0.1) is 5.41 Å². The lowest BCUT2D eigenvalue weighted by atomic mass is 9.87. The van der Waals surface area contributed by atoms with Crippen molar-refractivity contribution in [2.45, 2.75) is 6.42 Å². The van der Waals surface area contributed by atoms with Gasteiger partial charge in [-0.3, -0.25) is 9.78 Å². The lowest BCUT2D eigenvalue weighted by molar-refractivity contribution is 0.0626. The molecule has 0 aliphatic carbocycles. The Kier molecular flexibility index (Phi) is 5.25. The zero-order valence-corrected chi connectivity index (χ0v) is 13.7. The molecule has 6 heteroatoms. The first kappa shape index (κ1) is 16.4. The molecule has 1 atom stereocenters. The molecule has 1 unspecified atom stereocenters. The van der Waals surface area contributed by atoms with Crippen molar-refractivity contribution < 1.29 is 14.3 Å². The normalized spacial score (nSPS) is 25.7. The van der Waals surface area contributed by atoms with Gasteiger partial charge in [0, 0.05) is 44.9 Å². The summed E-state index contributed by atoms with van der Waals surface area (Å²) in [5, 5.41) is 0. The fraction of sp³-hybridized carbons (Fsp3) is 0.647. The smallest absolute Gasteiger partial charge is 0.272 e. The van der Waals surface area contributed by atoms with E-state index in [1.807, 2.05) is 17.0 Å². The third-order valence-corrected chi connectivity index (χ3v) is 4.74. The molecule has 1 spiro atoms. The fourth-order valence-electron chi connectivity index (χ4n) is 3.50. The molecule has 126 valence electrons. The number of carbonyl (C=O) groups is 1. The van der Waals surface area contributed by atoms with E-state index in [9.17, 15) is 4.79 Å². The molecule has 0 saturated carbocycles. The lowest BCUT2D eigenvalue weighted by Crippen LogP contribution is -2.43. The minimum Gasteiger partial charge on any atom is -0.383 e. The number of hydrogen-bond donors (Lipinski definition) is 0. The van der Waals surface area contributed by atoms with Gasteiger partial charge in [0.2, 0.25) is 0 Å². The van der Waals surface area contributed by atoms with Crippen molar-refractivity contribution in [3.8, 4) is 0 Å². The molecular weight excluding hydrogens is 294 g/mol. The first-order chi connectivity index (χ1) is 11.2. The molecule has 2 aliphatic rings. The molecule has 2 aliphatic heterocycles. The van der Waals surface area contributed by atoms with Gasteiger partial charge < -0.3 is 19.3 Å². The zero-order valence-electron chi connectivity index (χ0n) is 13.7. The number of rotatable bonds is 4. The Bertz CT molecular complexity index is 525. The molecule has 0 bridgehead atoms. The SMILES string of the molecule is COCCN1CCC2(COCCN(C(=O)c3ccccn3)C2)C1. The van der Waals surface area contributed by atoms with Gasteiger partial charge in [0.1, 0.15) is 5.69 Å². The van der Waals surface area contributed by atoms with Gasteiger partial charge in [-0.15, -0.1) is 0 Å². The second-order valence-corrected chi connectivity index (χ2v) is 6.51. The maximum atomic E-state index is 12.7. The molecule has 0 radical (unpaired) electrons. The number of amides is 1. The molecule has 3 heterocycles. The van der Waals surface area contributed by atoms with Crippen molar-refractivity contribution in [2.75, 3.05) is 59.7 Å². The van der Waals surface area contributed by atoms with Crippen LogP contribution in [0.25, 0.3) is 0 Å². The predicted molar refractivity (Wildman–Crippen MR) is 86.3 cm³/mol. The summed E-state index contributed by atoms with van der Waals surface area (Å²) in [4.78, 5) is 21.2. The average Bonchev–Trinajstić information content (AvgIpc) is 2.86. The maximum Gasteiger partial charge on any atom is 0.272 e. The number of pyridine rings is 1. The Morgan fingerprint density at radius 1 is 1.39 bits per heavy atom. The van der Waals surface area contributed by atoms with Crippen molar-refractivity contribution in [1.29, 1.82) is 0 Å². The van der Waals surface area contributed by atoms with E-state index in [0.717, 1.165) is 45.8 Å². The molecule has 6 nitrogen and oxygen atoms in total. The Hall–Kier alpha value is -1.50. The molecule has 2 fully saturated rings. The summed E-state index contributed by atoms with van der Waals surface area (Å²) in [5.74, 6) is 0.00539. The van der Waals surface area contributed by atoms with E-state index >= 15 is 0 Å². The Balaban J connectivity index is 1.68. The van der Waals surface area contributed by atoms with Crippen LogP contribution in [0.2, 0.25) is 0 Å². The van der Waals surface area contributed by atoms with E-state index in [2.05, 4.69) is 9.88 Å². The minimum absolute atomic E-state index is 0.00539.